The molecule has 0 aliphatic heterocycles. The van der Waals surface area contributed by atoms with Crippen molar-refractivity contribution in [3.8, 4) is 11.5 Å². The maximum absolute atomic E-state index is 11.4. The molecule has 0 radical (unpaired) electrons. The maximum Gasteiger partial charge on any atom is 0.325 e. The number of ether oxygens (including phenoxy) is 1. The van der Waals surface area contributed by atoms with Crippen LogP contribution in [-0.2, 0) is 9.59 Å². The number of carbonyl (C=O) groups is 2. The van der Waals surface area contributed by atoms with Gasteiger partial charge in [-0.05, 0) is 26.0 Å². The Bertz CT molecular complexity index is 458. The lowest BCUT2D eigenvalue weighted by molar-refractivity contribution is -0.141. The highest BCUT2D eigenvalue weighted by molar-refractivity contribution is 5.84. The molecule has 1 amide bonds. The van der Waals surface area contributed by atoms with E-state index in [-0.39, 0.29) is 12.4 Å². The third kappa shape index (κ3) is 3.65. The van der Waals surface area contributed by atoms with Crippen LogP contribution in [0.2, 0.25) is 0 Å². The van der Waals surface area contributed by atoms with Gasteiger partial charge in [0.2, 0.25) is 0 Å². The van der Waals surface area contributed by atoms with Crippen molar-refractivity contribution in [3.63, 3.8) is 0 Å². The van der Waals surface area contributed by atoms with E-state index in [1.54, 1.807) is 19.1 Å². The SMILES string of the molecule is Cc1c(O)cccc1OCC(=O)N[C@@H](C)C(=O)O. The van der Waals surface area contributed by atoms with E-state index >= 15 is 0 Å². The van der Waals surface area contributed by atoms with Crippen molar-refractivity contribution in [1.82, 2.24) is 5.32 Å². The number of aliphatic carboxylic acids is 1. The van der Waals surface area contributed by atoms with Crippen LogP contribution in [0.5, 0.6) is 11.5 Å². The average Bonchev–Trinajstić information content (AvgIpc) is 2.31. The second-order valence-electron chi connectivity index (χ2n) is 3.82. The van der Waals surface area contributed by atoms with Crippen LogP contribution in [0.4, 0.5) is 0 Å². The van der Waals surface area contributed by atoms with Crippen LogP contribution in [0.25, 0.3) is 0 Å². The van der Waals surface area contributed by atoms with E-state index in [1.807, 2.05) is 0 Å². The van der Waals surface area contributed by atoms with Crippen LogP contribution in [0, 0.1) is 6.92 Å². The molecule has 0 aliphatic carbocycles. The van der Waals surface area contributed by atoms with Crippen molar-refractivity contribution in [2.24, 2.45) is 0 Å². The largest absolute Gasteiger partial charge is 0.508 e. The number of nitrogens with one attached hydrogen (secondary N) is 1. The first-order valence-electron chi connectivity index (χ1n) is 5.35. The summed E-state index contributed by atoms with van der Waals surface area (Å²) in [6, 6.07) is 3.75. The van der Waals surface area contributed by atoms with E-state index in [1.165, 1.54) is 13.0 Å². The summed E-state index contributed by atoms with van der Waals surface area (Å²) in [6.45, 7) is 2.71. The molecule has 3 N–H and O–H groups in total. The Balaban J connectivity index is 2.53. The Labute approximate surface area is 104 Å². The van der Waals surface area contributed by atoms with Gasteiger partial charge in [0, 0.05) is 5.56 Å². The van der Waals surface area contributed by atoms with Gasteiger partial charge in [-0.25, -0.2) is 0 Å². The summed E-state index contributed by atoms with van der Waals surface area (Å²) in [6.07, 6.45) is 0. The quantitative estimate of drug-likeness (QED) is 0.716. The van der Waals surface area contributed by atoms with Gasteiger partial charge in [0.15, 0.2) is 6.61 Å². The number of carbonyl (C=O) groups excluding carboxylic acids is 1. The van der Waals surface area contributed by atoms with E-state index in [0.717, 1.165) is 0 Å². The molecule has 18 heavy (non-hydrogen) atoms. The second-order valence-corrected chi connectivity index (χ2v) is 3.82. The standard InChI is InChI=1S/C12H15NO5/c1-7-9(14)4-3-5-10(7)18-6-11(15)13-8(2)12(16)17/h3-5,8,14H,6H2,1-2H3,(H,13,15)(H,16,17)/t8-/m0/s1. The first-order valence-corrected chi connectivity index (χ1v) is 5.35. The predicted molar refractivity (Wildman–Crippen MR) is 63.6 cm³/mol. The molecule has 0 bridgehead atoms. The molecule has 98 valence electrons. The van der Waals surface area contributed by atoms with Crippen LogP contribution in [0.1, 0.15) is 12.5 Å². The molecule has 1 aromatic carbocycles. The molecule has 1 atom stereocenters. The van der Waals surface area contributed by atoms with Gasteiger partial charge in [-0.3, -0.25) is 9.59 Å². The fourth-order valence-electron chi connectivity index (χ4n) is 1.25. The number of aromatic hydroxyl groups is 1. The fraction of sp³-hybridized carbons (Fsp3) is 0.333. The Hall–Kier alpha value is -2.24. The molecule has 1 aromatic rings. The van der Waals surface area contributed by atoms with Gasteiger partial charge >= 0.3 is 5.97 Å². The van der Waals surface area contributed by atoms with E-state index in [2.05, 4.69) is 5.32 Å². The third-order valence-corrected chi connectivity index (χ3v) is 2.36. The number of phenols is 1. The fourth-order valence-corrected chi connectivity index (χ4v) is 1.25. The second kappa shape index (κ2) is 5.90. The van der Waals surface area contributed by atoms with Crippen molar-refractivity contribution < 1.29 is 24.5 Å². The van der Waals surface area contributed by atoms with Gasteiger partial charge in [0.25, 0.3) is 5.91 Å². The van der Waals surface area contributed by atoms with Crippen molar-refractivity contribution in [3.05, 3.63) is 23.8 Å². The number of carboxylic acid groups (broad SMARTS) is 1. The van der Waals surface area contributed by atoms with E-state index in [9.17, 15) is 14.7 Å². The number of hydrogen-bond donors (Lipinski definition) is 3. The molecular formula is C12H15NO5. The van der Waals surface area contributed by atoms with Crippen LogP contribution in [-0.4, -0.2) is 34.7 Å². The highest BCUT2D eigenvalue weighted by Gasteiger charge is 2.14. The molecule has 0 unspecified atom stereocenters. The van der Waals surface area contributed by atoms with Crippen molar-refractivity contribution in [2.45, 2.75) is 19.9 Å². The lowest BCUT2D eigenvalue weighted by Crippen LogP contribution is -2.40. The molecule has 1 rings (SSSR count). The van der Waals surface area contributed by atoms with Gasteiger partial charge in [-0.2, -0.15) is 0 Å². The lowest BCUT2D eigenvalue weighted by atomic mass is 10.2. The van der Waals surface area contributed by atoms with Crippen LogP contribution < -0.4 is 10.1 Å². The molecule has 0 saturated carbocycles. The molecule has 0 spiro atoms. The van der Waals surface area contributed by atoms with Crippen molar-refractivity contribution in [1.29, 1.82) is 0 Å². The molecule has 0 saturated heterocycles. The number of carboxylic acids is 1. The molecule has 6 nitrogen and oxygen atoms in total. The molecule has 6 heteroatoms. The maximum atomic E-state index is 11.4. The highest BCUT2D eigenvalue weighted by atomic mass is 16.5. The van der Waals surface area contributed by atoms with Gasteiger partial charge in [0.1, 0.15) is 17.5 Å². The average molecular weight is 253 g/mol. The molecular weight excluding hydrogens is 238 g/mol. The summed E-state index contributed by atoms with van der Waals surface area (Å²) < 4.78 is 5.20. The molecule has 0 aliphatic rings. The normalized spacial score (nSPS) is 11.7. The lowest BCUT2D eigenvalue weighted by Gasteiger charge is -2.12. The summed E-state index contributed by atoms with van der Waals surface area (Å²) >= 11 is 0. The number of benzene rings is 1. The number of phenolic OH excluding ortho intramolecular Hbond substituents is 1. The van der Waals surface area contributed by atoms with E-state index < -0.39 is 17.9 Å². The van der Waals surface area contributed by atoms with Gasteiger partial charge < -0.3 is 20.3 Å². The zero-order valence-electron chi connectivity index (χ0n) is 10.1. The van der Waals surface area contributed by atoms with Crippen LogP contribution in [0.15, 0.2) is 18.2 Å². The monoisotopic (exact) mass is 253 g/mol. The summed E-state index contributed by atoms with van der Waals surface area (Å²) in [5, 5.41) is 20.3. The predicted octanol–water partition coefficient (Wildman–Crippen LogP) is 0.669. The van der Waals surface area contributed by atoms with Crippen LogP contribution in [0.3, 0.4) is 0 Å². The summed E-state index contributed by atoms with van der Waals surface area (Å²) in [4.78, 5) is 21.9. The minimum Gasteiger partial charge on any atom is -0.508 e. The summed E-state index contributed by atoms with van der Waals surface area (Å²) in [7, 11) is 0. The molecule has 0 fully saturated rings. The van der Waals surface area contributed by atoms with Crippen molar-refractivity contribution in [2.75, 3.05) is 6.61 Å². The van der Waals surface area contributed by atoms with Gasteiger partial charge in [0.05, 0.1) is 0 Å². The summed E-state index contributed by atoms with van der Waals surface area (Å²) in [5.41, 5.74) is 0.525. The van der Waals surface area contributed by atoms with E-state index in [0.29, 0.717) is 11.3 Å². The minimum atomic E-state index is -1.11. The Morgan fingerprint density at radius 1 is 1.44 bits per heavy atom. The van der Waals surface area contributed by atoms with Gasteiger partial charge in [-0.1, -0.05) is 6.07 Å². The Morgan fingerprint density at radius 3 is 2.72 bits per heavy atom. The minimum absolute atomic E-state index is 0.0758. The van der Waals surface area contributed by atoms with Crippen molar-refractivity contribution >= 4 is 11.9 Å². The zero-order chi connectivity index (χ0) is 13.7. The smallest absolute Gasteiger partial charge is 0.325 e. The number of amides is 1. The molecule has 0 heterocycles. The van der Waals surface area contributed by atoms with E-state index in [4.69, 9.17) is 9.84 Å². The third-order valence-electron chi connectivity index (χ3n) is 2.36. The zero-order valence-corrected chi connectivity index (χ0v) is 10.1. The highest BCUT2D eigenvalue weighted by Crippen LogP contribution is 2.25. The summed E-state index contributed by atoms with van der Waals surface area (Å²) in [5.74, 6) is -1.19. The van der Waals surface area contributed by atoms with Gasteiger partial charge in [-0.15, -0.1) is 0 Å². The Morgan fingerprint density at radius 2 is 2.11 bits per heavy atom. The number of hydrogen-bond acceptors (Lipinski definition) is 4. The Kier molecular flexibility index (Phi) is 4.53. The first kappa shape index (κ1) is 13.8. The molecule has 0 aromatic heterocycles. The first-order chi connectivity index (χ1) is 8.41. The van der Waals surface area contributed by atoms with Crippen LogP contribution >= 0.6 is 0 Å². The number of rotatable bonds is 5. The topological polar surface area (TPSA) is 95.9 Å².